The maximum absolute atomic E-state index is 12.5. The Morgan fingerprint density at radius 2 is 1.17 bits per heavy atom. The van der Waals surface area contributed by atoms with Gasteiger partial charge in [-0.3, -0.25) is 15.6 Å². The number of hydrogen-bond donors (Lipinski definition) is 2. The number of anilines is 2. The number of hydrogen-bond acceptors (Lipinski definition) is 5. The summed E-state index contributed by atoms with van der Waals surface area (Å²) in [6.07, 6.45) is 3.16. The minimum atomic E-state index is -0.662. The van der Waals surface area contributed by atoms with Crippen LogP contribution in [0.4, 0.5) is 21.0 Å². The van der Waals surface area contributed by atoms with Crippen molar-refractivity contribution in [1.29, 1.82) is 0 Å². The highest BCUT2D eigenvalue weighted by atomic mass is 16.6. The molecule has 0 bridgehead atoms. The van der Waals surface area contributed by atoms with Gasteiger partial charge < -0.3 is 9.47 Å². The summed E-state index contributed by atoms with van der Waals surface area (Å²) in [6, 6.07) is 17.6. The largest absolute Gasteiger partial charge is 0.444 e. The number of nitrogens with zero attached hydrogens (tertiary/aromatic N) is 1. The summed E-state index contributed by atoms with van der Waals surface area (Å²) < 4.78 is 10.8. The third kappa shape index (κ3) is 8.45. The lowest BCUT2D eigenvalue weighted by molar-refractivity contribution is 0.0621. The number of pyridine rings is 1. The summed E-state index contributed by atoms with van der Waals surface area (Å²) in [7, 11) is 0. The van der Waals surface area contributed by atoms with Crippen LogP contribution in [0.25, 0.3) is 11.1 Å². The third-order valence-corrected chi connectivity index (χ3v) is 4.74. The quantitative estimate of drug-likeness (QED) is 0.413. The number of carbonyl (C=O) groups excluding carboxylic acids is 2. The van der Waals surface area contributed by atoms with Gasteiger partial charge in [0.05, 0.1) is 11.4 Å². The van der Waals surface area contributed by atoms with E-state index in [1.54, 1.807) is 66.1 Å². The average Bonchev–Trinajstić information content (AvgIpc) is 2.73. The summed E-state index contributed by atoms with van der Waals surface area (Å²) in [5.74, 6) is 0. The molecule has 0 saturated heterocycles. The number of amides is 2. The SMILES string of the molecule is CC(C)(C)OC(=O)Nc1ccc(-c2ccc(Cc3ccncc3)cc2)cc1NC(=O)OC(C)(C)C. The molecule has 3 rings (SSSR count). The van der Waals surface area contributed by atoms with E-state index < -0.39 is 23.4 Å². The maximum atomic E-state index is 12.5. The van der Waals surface area contributed by atoms with E-state index in [4.69, 9.17) is 9.47 Å². The Labute approximate surface area is 206 Å². The van der Waals surface area contributed by atoms with Crippen molar-refractivity contribution in [3.8, 4) is 11.1 Å². The molecule has 0 aliphatic heterocycles. The highest BCUT2D eigenvalue weighted by Gasteiger charge is 2.20. The molecule has 7 heteroatoms. The van der Waals surface area contributed by atoms with Gasteiger partial charge in [-0.25, -0.2) is 9.59 Å². The molecule has 1 aromatic heterocycles. The summed E-state index contributed by atoms with van der Waals surface area (Å²) in [6.45, 7) is 10.7. The van der Waals surface area contributed by atoms with Crippen LogP contribution in [0.3, 0.4) is 0 Å². The summed E-state index contributed by atoms with van der Waals surface area (Å²) in [5, 5.41) is 5.47. The second kappa shape index (κ2) is 10.6. The fraction of sp³-hybridized carbons (Fsp3) is 0.321. The lowest BCUT2D eigenvalue weighted by Crippen LogP contribution is -2.29. The normalized spacial score (nSPS) is 11.5. The second-order valence-electron chi connectivity index (χ2n) is 10.2. The standard InChI is InChI=1S/C28H33N3O4/c1-27(2,3)34-25(32)30-23-12-11-22(18-24(23)31-26(33)35-28(4,5)6)21-9-7-19(8-10-21)17-20-13-15-29-16-14-20/h7-16,18H,17H2,1-6H3,(H,30,32)(H,31,33). The monoisotopic (exact) mass is 475 g/mol. The van der Waals surface area contributed by atoms with Crippen LogP contribution in [0.1, 0.15) is 52.7 Å². The van der Waals surface area contributed by atoms with E-state index in [1.165, 1.54) is 11.1 Å². The van der Waals surface area contributed by atoms with Gasteiger partial charge in [0.15, 0.2) is 0 Å². The molecular formula is C28H33N3O4. The lowest BCUT2D eigenvalue weighted by atomic mass is 10.00. The van der Waals surface area contributed by atoms with Crippen LogP contribution in [0.5, 0.6) is 0 Å². The van der Waals surface area contributed by atoms with E-state index in [2.05, 4.69) is 27.8 Å². The molecule has 0 radical (unpaired) electrons. The van der Waals surface area contributed by atoms with Crippen LogP contribution in [0.2, 0.25) is 0 Å². The molecule has 2 aromatic carbocycles. The molecule has 2 N–H and O–H groups in total. The number of rotatable bonds is 5. The molecule has 0 saturated carbocycles. The molecule has 0 unspecified atom stereocenters. The topological polar surface area (TPSA) is 89.5 Å². The first-order valence-electron chi connectivity index (χ1n) is 11.5. The zero-order valence-electron chi connectivity index (χ0n) is 21.1. The Morgan fingerprint density at radius 1 is 0.686 bits per heavy atom. The average molecular weight is 476 g/mol. The number of ether oxygens (including phenoxy) is 2. The van der Waals surface area contributed by atoms with Gasteiger partial charge in [-0.05, 0) is 94.5 Å². The van der Waals surface area contributed by atoms with Crippen molar-refractivity contribution < 1.29 is 19.1 Å². The van der Waals surface area contributed by atoms with Gasteiger partial charge >= 0.3 is 12.2 Å². The van der Waals surface area contributed by atoms with E-state index in [1.807, 2.05) is 30.3 Å². The minimum absolute atomic E-state index is 0.406. The van der Waals surface area contributed by atoms with E-state index in [0.29, 0.717) is 11.4 Å². The predicted octanol–water partition coefficient (Wildman–Crippen LogP) is 7.03. The molecule has 0 spiro atoms. The van der Waals surface area contributed by atoms with Crippen molar-refractivity contribution in [3.63, 3.8) is 0 Å². The van der Waals surface area contributed by atoms with Crippen molar-refractivity contribution in [2.75, 3.05) is 10.6 Å². The highest BCUT2D eigenvalue weighted by Crippen LogP contribution is 2.30. The van der Waals surface area contributed by atoms with Gasteiger partial charge in [0.2, 0.25) is 0 Å². The molecule has 1 heterocycles. The zero-order valence-corrected chi connectivity index (χ0v) is 21.1. The molecule has 2 amide bonds. The number of benzene rings is 2. The van der Waals surface area contributed by atoms with E-state index in [-0.39, 0.29) is 0 Å². The van der Waals surface area contributed by atoms with Gasteiger partial charge in [0.25, 0.3) is 0 Å². The van der Waals surface area contributed by atoms with Crippen LogP contribution in [0, 0.1) is 0 Å². The Hall–Kier alpha value is -3.87. The van der Waals surface area contributed by atoms with E-state index in [0.717, 1.165) is 17.5 Å². The van der Waals surface area contributed by atoms with Gasteiger partial charge in [0, 0.05) is 12.4 Å². The van der Waals surface area contributed by atoms with Crippen molar-refractivity contribution in [2.24, 2.45) is 0 Å². The first-order chi connectivity index (χ1) is 16.4. The second-order valence-corrected chi connectivity index (χ2v) is 10.2. The molecule has 0 aliphatic rings. The van der Waals surface area contributed by atoms with E-state index in [9.17, 15) is 9.59 Å². The highest BCUT2D eigenvalue weighted by molar-refractivity contribution is 5.96. The molecule has 0 aliphatic carbocycles. The van der Waals surface area contributed by atoms with Crippen molar-refractivity contribution in [1.82, 2.24) is 4.98 Å². The molecule has 0 atom stereocenters. The summed E-state index contributed by atoms with van der Waals surface area (Å²) in [5.41, 5.74) is 3.71. The number of aromatic nitrogens is 1. The summed E-state index contributed by atoms with van der Waals surface area (Å²) in [4.78, 5) is 28.9. The van der Waals surface area contributed by atoms with Gasteiger partial charge in [-0.1, -0.05) is 30.3 Å². The van der Waals surface area contributed by atoms with Crippen LogP contribution in [-0.4, -0.2) is 28.4 Å². The third-order valence-electron chi connectivity index (χ3n) is 4.74. The Morgan fingerprint density at radius 3 is 1.71 bits per heavy atom. The molecule has 184 valence electrons. The van der Waals surface area contributed by atoms with Crippen LogP contribution >= 0.6 is 0 Å². The van der Waals surface area contributed by atoms with Crippen LogP contribution < -0.4 is 10.6 Å². The minimum Gasteiger partial charge on any atom is -0.444 e. The molecular weight excluding hydrogens is 442 g/mol. The Balaban J connectivity index is 1.85. The smallest absolute Gasteiger partial charge is 0.412 e. The lowest BCUT2D eigenvalue weighted by Gasteiger charge is -2.22. The number of carbonyl (C=O) groups is 2. The first-order valence-corrected chi connectivity index (χ1v) is 11.5. The van der Waals surface area contributed by atoms with Crippen LogP contribution in [0.15, 0.2) is 67.0 Å². The van der Waals surface area contributed by atoms with Crippen molar-refractivity contribution in [2.45, 2.75) is 59.2 Å². The predicted molar refractivity (Wildman–Crippen MR) is 139 cm³/mol. The van der Waals surface area contributed by atoms with Crippen molar-refractivity contribution >= 4 is 23.6 Å². The molecule has 35 heavy (non-hydrogen) atoms. The van der Waals surface area contributed by atoms with E-state index >= 15 is 0 Å². The molecule has 3 aromatic rings. The van der Waals surface area contributed by atoms with Gasteiger partial charge in [-0.2, -0.15) is 0 Å². The fourth-order valence-electron chi connectivity index (χ4n) is 3.31. The first kappa shape index (κ1) is 25.7. The number of nitrogens with one attached hydrogen (secondary N) is 2. The fourth-order valence-corrected chi connectivity index (χ4v) is 3.31. The Bertz CT molecular complexity index is 1160. The molecule has 7 nitrogen and oxygen atoms in total. The molecule has 0 fully saturated rings. The van der Waals surface area contributed by atoms with Crippen molar-refractivity contribution in [3.05, 3.63) is 78.1 Å². The summed E-state index contributed by atoms with van der Waals surface area (Å²) >= 11 is 0. The van der Waals surface area contributed by atoms with Gasteiger partial charge in [-0.15, -0.1) is 0 Å². The Kier molecular flexibility index (Phi) is 7.79. The maximum Gasteiger partial charge on any atom is 0.412 e. The van der Waals surface area contributed by atoms with Gasteiger partial charge in [0.1, 0.15) is 11.2 Å². The zero-order chi connectivity index (χ0) is 25.6. The van der Waals surface area contributed by atoms with Crippen LogP contribution in [-0.2, 0) is 15.9 Å².